The summed E-state index contributed by atoms with van der Waals surface area (Å²) in [5.41, 5.74) is 5.88. The van der Waals surface area contributed by atoms with Gasteiger partial charge in [-0.15, -0.1) is 0 Å². The van der Waals surface area contributed by atoms with Gasteiger partial charge in [-0.05, 0) is 25.5 Å². The number of amides is 1. The highest BCUT2D eigenvalue weighted by molar-refractivity contribution is 5.79. The van der Waals surface area contributed by atoms with Gasteiger partial charge >= 0.3 is 0 Å². The summed E-state index contributed by atoms with van der Waals surface area (Å²) >= 11 is 0. The largest absolute Gasteiger partial charge is 0.335 e. The van der Waals surface area contributed by atoms with Gasteiger partial charge in [-0.25, -0.2) is 8.78 Å². The van der Waals surface area contributed by atoms with Crippen molar-refractivity contribution < 1.29 is 13.6 Å². The monoisotopic (exact) mass is 254 g/mol. The Balaban J connectivity index is 2.21. The first-order valence-corrected chi connectivity index (χ1v) is 5.97. The van der Waals surface area contributed by atoms with Crippen LogP contribution in [0.5, 0.6) is 0 Å². The number of carbonyl (C=O) groups is 1. The lowest BCUT2D eigenvalue weighted by molar-refractivity contribution is -0.129. The van der Waals surface area contributed by atoms with Crippen molar-refractivity contribution in [1.29, 1.82) is 0 Å². The molecule has 18 heavy (non-hydrogen) atoms. The Morgan fingerprint density at radius 2 is 2.22 bits per heavy atom. The molecule has 0 saturated carbocycles. The molecule has 3 nitrogen and oxygen atoms in total. The predicted molar refractivity (Wildman–Crippen MR) is 63.6 cm³/mol. The average molecular weight is 254 g/mol. The summed E-state index contributed by atoms with van der Waals surface area (Å²) in [6.45, 7) is 2.72. The number of hydrogen-bond acceptors (Lipinski definition) is 2. The van der Waals surface area contributed by atoms with Gasteiger partial charge in [-0.1, -0.05) is 6.07 Å². The summed E-state index contributed by atoms with van der Waals surface area (Å²) in [5.74, 6) is -1.13. The van der Waals surface area contributed by atoms with Crippen LogP contribution in [0.15, 0.2) is 18.2 Å². The Bertz CT molecular complexity index is 464. The Morgan fingerprint density at radius 3 is 2.78 bits per heavy atom. The fraction of sp³-hybridized carbons (Fsp3) is 0.462. The molecule has 98 valence electrons. The van der Waals surface area contributed by atoms with Crippen LogP contribution in [0.25, 0.3) is 0 Å². The van der Waals surface area contributed by atoms with Crippen molar-refractivity contribution in [3.63, 3.8) is 0 Å². The van der Waals surface area contributed by atoms with Gasteiger partial charge in [0.2, 0.25) is 5.91 Å². The molecular formula is C13H16F2N2O. The molecule has 2 N–H and O–H groups in total. The van der Waals surface area contributed by atoms with Gasteiger partial charge in [0.15, 0.2) is 0 Å². The smallest absolute Gasteiger partial charge is 0.223 e. The summed E-state index contributed by atoms with van der Waals surface area (Å²) in [6.07, 6.45) is 0.406. The Morgan fingerprint density at radius 1 is 1.50 bits per heavy atom. The lowest BCUT2D eigenvalue weighted by Crippen LogP contribution is -2.29. The SMILES string of the molecule is CC(c1ccc(F)cc1F)N1CC(CN)CC1=O. The molecule has 1 aromatic carbocycles. The van der Waals surface area contributed by atoms with E-state index in [1.807, 2.05) is 0 Å². The number of likely N-dealkylation sites (tertiary alicyclic amines) is 1. The summed E-state index contributed by atoms with van der Waals surface area (Å²) in [5, 5.41) is 0. The fourth-order valence-electron chi connectivity index (χ4n) is 2.35. The topological polar surface area (TPSA) is 46.3 Å². The minimum absolute atomic E-state index is 0.0262. The third-order valence-electron chi connectivity index (χ3n) is 3.45. The standard InChI is InChI=1S/C13H16F2N2O/c1-8(11-3-2-10(14)5-12(11)15)17-7-9(6-16)4-13(17)18/h2-3,5,8-9H,4,6-7,16H2,1H3. The molecule has 2 atom stereocenters. The van der Waals surface area contributed by atoms with E-state index in [1.165, 1.54) is 12.1 Å². The van der Waals surface area contributed by atoms with Gasteiger partial charge < -0.3 is 10.6 Å². The molecule has 1 aliphatic heterocycles. The van der Waals surface area contributed by atoms with Crippen molar-refractivity contribution in [2.75, 3.05) is 13.1 Å². The van der Waals surface area contributed by atoms with Crippen molar-refractivity contribution in [1.82, 2.24) is 4.90 Å². The molecule has 1 aliphatic rings. The highest BCUT2D eigenvalue weighted by Crippen LogP contribution is 2.29. The van der Waals surface area contributed by atoms with Crippen LogP contribution >= 0.6 is 0 Å². The molecule has 0 bridgehead atoms. The number of halogens is 2. The zero-order chi connectivity index (χ0) is 13.3. The van der Waals surface area contributed by atoms with E-state index in [4.69, 9.17) is 5.73 Å². The molecule has 0 aromatic heterocycles. The third kappa shape index (κ3) is 2.36. The summed E-state index contributed by atoms with van der Waals surface area (Å²) in [4.78, 5) is 13.4. The zero-order valence-corrected chi connectivity index (χ0v) is 10.2. The predicted octanol–water partition coefficient (Wildman–Crippen LogP) is 1.83. The molecule has 1 heterocycles. The minimum atomic E-state index is -0.619. The second kappa shape index (κ2) is 5.02. The van der Waals surface area contributed by atoms with Gasteiger partial charge in [-0.3, -0.25) is 4.79 Å². The van der Waals surface area contributed by atoms with Crippen molar-refractivity contribution in [3.05, 3.63) is 35.4 Å². The van der Waals surface area contributed by atoms with Gasteiger partial charge in [0.05, 0.1) is 6.04 Å². The van der Waals surface area contributed by atoms with E-state index in [0.29, 0.717) is 25.1 Å². The number of rotatable bonds is 3. The molecule has 1 aromatic rings. The summed E-state index contributed by atoms with van der Waals surface area (Å²) < 4.78 is 26.5. The second-order valence-corrected chi connectivity index (χ2v) is 4.69. The van der Waals surface area contributed by atoms with Crippen LogP contribution in [-0.4, -0.2) is 23.9 Å². The molecule has 5 heteroatoms. The highest BCUT2D eigenvalue weighted by Gasteiger charge is 2.33. The first-order valence-electron chi connectivity index (χ1n) is 5.97. The van der Waals surface area contributed by atoms with E-state index in [9.17, 15) is 13.6 Å². The second-order valence-electron chi connectivity index (χ2n) is 4.69. The van der Waals surface area contributed by atoms with Crippen LogP contribution in [0.3, 0.4) is 0 Å². The van der Waals surface area contributed by atoms with Crippen molar-refractivity contribution in [2.24, 2.45) is 11.7 Å². The maximum atomic E-state index is 13.7. The summed E-state index contributed by atoms with van der Waals surface area (Å²) in [6, 6.07) is 3.04. The van der Waals surface area contributed by atoms with Crippen LogP contribution in [0.4, 0.5) is 8.78 Å². The lowest BCUT2D eigenvalue weighted by Gasteiger charge is -2.25. The van der Waals surface area contributed by atoms with Crippen LogP contribution in [0, 0.1) is 17.6 Å². The van der Waals surface area contributed by atoms with E-state index in [0.717, 1.165) is 6.07 Å². The van der Waals surface area contributed by atoms with E-state index < -0.39 is 17.7 Å². The molecule has 2 unspecified atom stereocenters. The first kappa shape index (κ1) is 13.0. The molecule has 2 rings (SSSR count). The molecule has 0 aliphatic carbocycles. The number of hydrogen-bond donors (Lipinski definition) is 1. The number of nitrogens with two attached hydrogens (primary N) is 1. The molecule has 1 saturated heterocycles. The van der Waals surface area contributed by atoms with Gasteiger partial charge in [0.25, 0.3) is 0 Å². The van der Waals surface area contributed by atoms with Crippen molar-refractivity contribution in [3.8, 4) is 0 Å². The van der Waals surface area contributed by atoms with Crippen LogP contribution in [0.1, 0.15) is 24.9 Å². The number of carbonyl (C=O) groups excluding carboxylic acids is 1. The van der Waals surface area contributed by atoms with E-state index in [-0.39, 0.29) is 11.8 Å². The van der Waals surface area contributed by atoms with Crippen molar-refractivity contribution >= 4 is 5.91 Å². The van der Waals surface area contributed by atoms with E-state index in [2.05, 4.69) is 0 Å². The van der Waals surface area contributed by atoms with Gasteiger partial charge in [0.1, 0.15) is 11.6 Å². The molecular weight excluding hydrogens is 238 g/mol. The van der Waals surface area contributed by atoms with E-state index in [1.54, 1.807) is 11.8 Å². The molecule has 0 radical (unpaired) electrons. The highest BCUT2D eigenvalue weighted by atomic mass is 19.1. The van der Waals surface area contributed by atoms with Crippen LogP contribution in [0.2, 0.25) is 0 Å². The lowest BCUT2D eigenvalue weighted by atomic mass is 10.1. The zero-order valence-electron chi connectivity index (χ0n) is 10.2. The third-order valence-corrected chi connectivity index (χ3v) is 3.45. The molecule has 1 fully saturated rings. The molecule has 0 spiro atoms. The van der Waals surface area contributed by atoms with Crippen LogP contribution < -0.4 is 5.73 Å². The first-order chi connectivity index (χ1) is 8.52. The summed E-state index contributed by atoms with van der Waals surface area (Å²) in [7, 11) is 0. The Kier molecular flexibility index (Phi) is 3.61. The number of benzene rings is 1. The Labute approximate surface area is 105 Å². The van der Waals surface area contributed by atoms with Crippen LogP contribution in [-0.2, 0) is 4.79 Å². The normalized spacial score (nSPS) is 21.4. The van der Waals surface area contributed by atoms with Crippen molar-refractivity contribution in [2.45, 2.75) is 19.4 Å². The fourth-order valence-corrected chi connectivity index (χ4v) is 2.35. The number of nitrogens with zero attached hydrogens (tertiary/aromatic N) is 1. The molecule has 1 amide bonds. The van der Waals surface area contributed by atoms with Gasteiger partial charge in [-0.2, -0.15) is 0 Å². The maximum Gasteiger partial charge on any atom is 0.223 e. The van der Waals surface area contributed by atoms with Gasteiger partial charge in [0, 0.05) is 24.6 Å². The Hall–Kier alpha value is -1.49. The minimum Gasteiger partial charge on any atom is -0.335 e. The quantitative estimate of drug-likeness (QED) is 0.894. The van der Waals surface area contributed by atoms with E-state index >= 15 is 0 Å². The maximum absolute atomic E-state index is 13.7. The average Bonchev–Trinajstić information content (AvgIpc) is 2.70.